The van der Waals surface area contributed by atoms with Crippen molar-refractivity contribution in [3.8, 4) is 0 Å². The molecule has 4 heteroatoms. The van der Waals surface area contributed by atoms with Crippen LogP contribution in [0.3, 0.4) is 0 Å². The Morgan fingerprint density at radius 2 is 2.00 bits per heavy atom. The highest BCUT2D eigenvalue weighted by atomic mass is 16.1. The maximum absolute atomic E-state index is 12.8. The highest BCUT2D eigenvalue weighted by Crippen LogP contribution is 2.36. The van der Waals surface area contributed by atoms with E-state index in [1.165, 1.54) is 32.1 Å². The summed E-state index contributed by atoms with van der Waals surface area (Å²) in [5, 5.41) is 6.40. The lowest BCUT2D eigenvalue weighted by atomic mass is 9.76. The standard InChI is InChI=1S/C19H27N3O/c23-19(22-12-11-17-20-13-14-21-17)18(15-7-3-1-4-8-15)16-9-5-2-6-10-16/h1,3-4,7-8,16,18H,2,5-6,9-14H2,(H,20,21)(H,22,23). The molecule has 1 fully saturated rings. The summed E-state index contributed by atoms with van der Waals surface area (Å²) in [4.78, 5) is 17.2. The quantitative estimate of drug-likeness (QED) is 0.848. The number of nitrogens with one attached hydrogen (secondary N) is 2. The molecule has 0 spiro atoms. The zero-order valence-corrected chi connectivity index (χ0v) is 13.8. The van der Waals surface area contributed by atoms with Gasteiger partial charge in [0.25, 0.3) is 0 Å². The van der Waals surface area contributed by atoms with Gasteiger partial charge in [-0.2, -0.15) is 0 Å². The third-order valence-corrected chi connectivity index (χ3v) is 4.97. The smallest absolute Gasteiger partial charge is 0.227 e. The van der Waals surface area contributed by atoms with Crippen LogP contribution in [0.4, 0.5) is 0 Å². The van der Waals surface area contributed by atoms with E-state index in [1.54, 1.807) is 0 Å². The van der Waals surface area contributed by atoms with Crippen molar-refractivity contribution >= 4 is 11.7 Å². The van der Waals surface area contributed by atoms with Crippen LogP contribution in [0.2, 0.25) is 0 Å². The van der Waals surface area contributed by atoms with Crippen LogP contribution in [0.1, 0.15) is 50.0 Å². The maximum atomic E-state index is 12.8. The van der Waals surface area contributed by atoms with Gasteiger partial charge in [-0.3, -0.25) is 9.79 Å². The van der Waals surface area contributed by atoms with Gasteiger partial charge in [0.05, 0.1) is 18.3 Å². The van der Waals surface area contributed by atoms with Crippen LogP contribution in [-0.4, -0.2) is 31.4 Å². The van der Waals surface area contributed by atoms with Gasteiger partial charge in [0.1, 0.15) is 0 Å². The minimum absolute atomic E-state index is 0.00465. The van der Waals surface area contributed by atoms with E-state index in [0.717, 1.165) is 30.9 Å². The number of amides is 1. The molecule has 0 saturated heterocycles. The highest BCUT2D eigenvalue weighted by Gasteiger charge is 2.30. The number of benzene rings is 1. The lowest BCUT2D eigenvalue weighted by Gasteiger charge is -2.29. The molecule has 0 bridgehead atoms. The van der Waals surface area contributed by atoms with Crippen LogP contribution in [0.25, 0.3) is 0 Å². The normalized spacial score (nSPS) is 19.7. The molecular weight excluding hydrogens is 286 g/mol. The fourth-order valence-electron chi connectivity index (χ4n) is 3.79. The van der Waals surface area contributed by atoms with Gasteiger partial charge in [0.2, 0.25) is 5.91 Å². The van der Waals surface area contributed by atoms with Crippen molar-refractivity contribution in [2.24, 2.45) is 10.9 Å². The molecule has 1 aliphatic heterocycles. The molecule has 2 aliphatic rings. The summed E-state index contributed by atoms with van der Waals surface area (Å²) in [6.07, 6.45) is 6.95. The highest BCUT2D eigenvalue weighted by molar-refractivity contribution is 5.86. The first-order chi connectivity index (χ1) is 11.3. The average molecular weight is 313 g/mol. The molecule has 3 rings (SSSR count). The molecule has 1 heterocycles. The third-order valence-electron chi connectivity index (χ3n) is 4.97. The summed E-state index contributed by atoms with van der Waals surface area (Å²) in [5.74, 6) is 1.68. The number of carbonyl (C=O) groups excluding carboxylic acids is 1. The van der Waals surface area contributed by atoms with Crippen molar-refractivity contribution in [1.29, 1.82) is 0 Å². The summed E-state index contributed by atoms with van der Waals surface area (Å²) in [5.41, 5.74) is 1.16. The van der Waals surface area contributed by atoms with Gasteiger partial charge in [-0.15, -0.1) is 0 Å². The molecular formula is C19H27N3O. The minimum Gasteiger partial charge on any atom is -0.372 e. The molecule has 2 N–H and O–H groups in total. The topological polar surface area (TPSA) is 53.5 Å². The molecule has 0 radical (unpaired) electrons. The second-order valence-corrected chi connectivity index (χ2v) is 6.58. The second-order valence-electron chi connectivity index (χ2n) is 6.58. The Kier molecular flexibility index (Phi) is 5.67. The Balaban J connectivity index is 1.63. The number of carbonyl (C=O) groups is 1. The Bertz CT molecular complexity index is 535. The largest absolute Gasteiger partial charge is 0.372 e. The fraction of sp³-hybridized carbons (Fsp3) is 0.579. The van der Waals surface area contributed by atoms with Crippen LogP contribution in [0.15, 0.2) is 35.3 Å². The zero-order chi connectivity index (χ0) is 15.9. The Hall–Kier alpha value is -1.84. The molecule has 1 aromatic rings. The molecule has 1 unspecified atom stereocenters. The van der Waals surface area contributed by atoms with Gasteiger partial charge in [-0.1, -0.05) is 49.6 Å². The zero-order valence-electron chi connectivity index (χ0n) is 13.8. The summed E-state index contributed by atoms with van der Waals surface area (Å²) >= 11 is 0. The number of nitrogens with zero attached hydrogens (tertiary/aromatic N) is 1. The minimum atomic E-state index is -0.00465. The van der Waals surface area contributed by atoms with Crippen molar-refractivity contribution in [3.05, 3.63) is 35.9 Å². The van der Waals surface area contributed by atoms with Gasteiger partial charge in [0.15, 0.2) is 0 Å². The van der Waals surface area contributed by atoms with Gasteiger partial charge in [-0.25, -0.2) is 0 Å². The Morgan fingerprint density at radius 3 is 2.70 bits per heavy atom. The lowest BCUT2D eigenvalue weighted by molar-refractivity contribution is -0.124. The summed E-state index contributed by atoms with van der Waals surface area (Å²) in [7, 11) is 0. The average Bonchev–Trinajstić information content (AvgIpc) is 3.10. The maximum Gasteiger partial charge on any atom is 0.227 e. The van der Waals surface area contributed by atoms with Crippen LogP contribution in [0.5, 0.6) is 0 Å². The fourth-order valence-corrected chi connectivity index (χ4v) is 3.79. The number of amidine groups is 1. The summed E-state index contributed by atoms with van der Waals surface area (Å²) in [6, 6.07) is 10.3. The summed E-state index contributed by atoms with van der Waals surface area (Å²) in [6.45, 7) is 2.46. The Morgan fingerprint density at radius 1 is 1.22 bits per heavy atom. The monoisotopic (exact) mass is 313 g/mol. The van der Waals surface area contributed by atoms with Gasteiger partial charge < -0.3 is 10.6 Å². The summed E-state index contributed by atoms with van der Waals surface area (Å²) < 4.78 is 0. The molecule has 23 heavy (non-hydrogen) atoms. The first kappa shape index (κ1) is 16.0. The molecule has 4 nitrogen and oxygen atoms in total. The predicted octanol–water partition coefficient (Wildman–Crippen LogP) is 2.86. The van der Waals surface area contributed by atoms with Gasteiger partial charge in [0, 0.05) is 19.5 Å². The SMILES string of the molecule is O=C(NCCC1=NCCN1)C(c1ccccc1)C1CCCCC1. The van der Waals surface area contributed by atoms with Crippen molar-refractivity contribution in [2.45, 2.75) is 44.4 Å². The van der Waals surface area contributed by atoms with Gasteiger partial charge >= 0.3 is 0 Å². The second kappa shape index (κ2) is 8.14. The van der Waals surface area contributed by atoms with Crippen LogP contribution >= 0.6 is 0 Å². The van der Waals surface area contributed by atoms with E-state index in [0.29, 0.717) is 12.5 Å². The van der Waals surface area contributed by atoms with Crippen molar-refractivity contribution in [1.82, 2.24) is 10.6 Å². The lowest BCUT2D eigenvalue weighted by Crippen LogP contribution is -2.36. The third kappa shape index (κ3) is 4.34. The Labute approximate surface area is 138 Å². The van der Waals surface area contributed by atoms with Crippen molar-refractivity contribution in [2.75, 3.05) is 19.6 Å². The molecule has 1 aromatic carbocycles. The van der Waals surface area contributed by atoms with E-state index in [1.807, 2.05) is 18.2 Å². The molecule has 1 saturated carbocycles. The van der Waals surface area contributed by atoms with Gasteiger partial charge in [-0.05, 0) is 24.3 Å². The van der Waals surface area contributed by atoms with Crippen LogP contribution < -0.4 is 10.6 Å². The van der Waals surface area contributed by atoms with E-state index >= 15 is 0 Å². The molecule has 1 atom stereocenters. The van der Waals surface area contributed by atoms with Crippen LogP contribution in [-0.2, 0) is 4.79 Å². The molecule has 1 amide bonds. The first-order valence-corrected chi connectivity index (χ1v) is 8.94. The molecule has 124 valence electrons. The van der Waals surface area contributed by atoms with E-state index in [9.17, 15) is 4.79 Å². The first-order valence-electron chi connectivity index (χ1n) is 8.94. The van der Waals surface area contributed by atoms with Crippen molar-refractivity contribution < 1.29 is 4.79 Å². The molecule has 0 aromatic heterocycles. The van der Waals surface area contributed by atoms with E-state index in [4.69, 9.17) is 0 Å². The van der Waals surface area contributed by atoms with E-state index in [2.05, 4.69) is 27.8 Å². The van der Waals surface area contributed by atoms with Crippen molar-refractivity contribution in [3.63, 3.8) is 0 Å². The predicted molar refractivity (Wildman–Crippen MR) is 93.7 cm³/mol. The number of aliphatic imine (C=N–C) groups is 1. The van der Waals surface area contributed by atoms with E-state index < -0.39 is 0 Å². The molecule has 1 aliphatic carbocycles. The number of hydrogen-bond donors (Lipinski definition) is 2. The van der Waals surface area contributed by atoms with Crippen LogP contribution in [0, 0.1) is 5.92 Å². The number of hydrogen-bond acceptors (Lipinski definition) is 3. The van der Waals surface area contributed by atoms with E-state index in [-0.39, 0.29) is 11.8 Å². The number of rotatable bonds is 6.